The van der Waals surface area contributed by atoms with Crippen molar-refractivity contribution in [3.05, 3.63) is 11.4 Å². The minimum absolute atomic E-state index is 0.499. The van der Waals surface area contributed by atoms with Gasteiger partial charge in [0.25, 0.3) is 6.54 Å². The van der Waals surface area contributed by atoms with E-state index in [-0.39, 0.29) is 0 Å². The van der Waals surface area contributed by atoms with Crippen LogP contribution in [0.1, 0.15) is 19.3 Å². The van der Waals surface area contributed by atoms with Crippen LogP contribution >= 0.6 is 0 Å². The monoisotopic (exact) mass is 145 g/mol. The van der Waals surface area contributed by atoms with E-state index in [1.54, 1.807) is 0 Å². The maximum atomic E-state index is 12.7. The number of hydrogen-bond acceptors (Lipinski definition) is 0. The Morgan fingerprint density at radius 2 is 2.10 bits per heavy atom. The molecular formula is C7H9F2N. The highest BCUT2D eigenvalue weighted by Gasteiger charge is 2.45. The van der Waals surface area contributed by atoms with Crippen molar-refractivity contribution in [2.75, 3.05) is 6.54 Å². The molecule has 0 unspecified atom stereocenters. The van der Waals surface area contributed by atoms with Crippen LogP contribution in [0, 0.1) is 12.5 Å². The Bertz CT molecular complexity index is 155. The highest BCUT2D eigenvalue weighted by molar-refractivity contribution is 4.88. The Morgan fingerprint density at radius 1 is 1.50 bits per heavy atom. The molecule has 10 heavy (non-hydrogen) atoms. The summed E-state index contributed by atoms with van der Waals surface area (Å²) in [6.45, 7) is 5.67. The Morgan fingerprint density at radius 3 is 2.40 bits per heavy atom. The Kier molecular flexibility index (Phi) is 1.89. The normalized spacial score (nSPS) is 19.7. The number of nitrogens with zero attached hydrogens (tertiary/aromatic N) is 1. The summed E-state index contributed by atoms with van der Waals surface area (Å²) in [5.41, 5.74) is 0. The van der Waals surface area contributed by atoms with E-state index in [0.717, 1.165) is 6.42 Å². The van der Waals surface area contributed by atoms with E-state index >= 15 is 0 Å². The van der Waals surface area contributed by atoms with Crippen LogP contribution in [0.2, 0.25) is 0 Å². The lowest BCUT2D eigenvalue weighted by Crippen LogP contribution is -2.35. The van der Waals surface area contributed by atoms with Crippen molar-refractivity contribution in [2.24, 2.45) is 5.92 Å². The van der Waals surface area contributed by atoms with Gasteiger partial charge in [0.05, 0.1) is 0 Å². The van der Waals surface area contributed by atoms with Crippen LogP contribution in [0.4, 0.5) is 8.78 Å². The predicted molar refractivity (Wildman–Crippen MR) is 33.8 cm³/mol. The first-order chi connectivity index (χ1) is 4.67. The summed E-state index contributed by atoms with van der Waals surface area (Å²) in [6, 6.07) is 0. The Labute approximate surface area is 58.9 Å². The van der Waals surface area contributed by atoms with E-state index in [9.17, 15) is 8.78 Å². The van der Waals surface area contributed by atoms with Crippen molar-refractivity contribution in [1.82, 2.24) is 0 Å². The van der Waals surface area contributed by atoms with E-state index in [1.807, 2.05) is 0 Å². The smallest absolute Gasteiger partial charge is 0.310 e. The number of hydrogen-bond donors (Lipinski definition) is 0. The van der Waals surface area contributed by atoms with Crippen LogP contribution in [-0.2, 0) is 0 Å². The van der Waals surface area contributed by atoms with Crippen molar-refractivity contribution < 1.29 is 8.78 Å². The zero-order chi connectivity index (χ0) is 7.61. The molecule has 0 bridgehead atoms. The molecule has 0 radical (unpaired) electrons. The fourth-order valence-electron chi connectivity index (χ4n) is 1.07. The lowest BCUT2D eigenvalue weighted by atomic mass is 9.80. The largest absolute Gasteiger partial charge is 0.321 e. The second-order valence-electron chi connectivity index (χ2n) is 2.71. The van der Waals surface area contributed by atoms with Crippen LogP contribution in [0.3, 0.4) is 0 Å². The summed E-state index contributed by atoms with van der Waals surface area (Å²) in [4.78, 5) is 2.71. The molecule has 0 amide bonds. The molecule has 56 valence electrons. The van der Waals surface area contributed by atoms with Crippen LogP contribution in [0.25, 0.3) is 4.85 Å². The SMILES string of the molecule is [C-]#[N+]CC(F)(F)C1CCC1. The van der Waals surface area contributed by atoms with Crippen LogP contribution in [0.15, 0.2) is 0 Å². The Hall–Kier alpha value is -0.650. The second-order valence-corrected chi connectivity index (χ2v) is 2.71. The number of halogens is 2. The third-order valence-electron chi connectivity index (χ3n) is 1.99. The highest BCUT2D eigenvalue weighted by atomic mass is 19.3. The highest BCUT2D eigenvalue weighted by Crippen LogP contribution is 2.39. The molecule has 0 N–H and O–H groups in total. The van der Waals surface area contributed by atoms with Crippen LogP contribution in [-0.4, -0.2) is 12.5 Å². The van der Waals surface area contributed by atoms with Crippen molar-refractivity contribution in [3.63, 3.8) is 0 Å². The summed E-state index contributed by atoms with van der Waals surface area (Å²) >= 11 is 0. The predicted octanol–water partition coefficient (Wildman–Crippen LogP) is 2.34. The standard InChI is InChI=1S/C7H9F2N/c1-10-5-7(8,9)6-3-2-4-6/h6H,2-5H2. The molecule has 1 saturated carbocycles. The fraction of sp³-hybridized carbons (Fsp3) is 0.857. The molecule has 0 aromatic carbocycles. The van der Waals surface area contributed by atoms with Gasteiger partial charge in [0.2, 0.25) is 0 Å². The molecule has 0 spiro atoms. The third kappa shape index (κ3) is 1.26. The van der Waals surface area contributed by atoms with E-state index in [1.165, 1.54) is 0 Å². The molecule has 1 fully saturated rings. The first kappa shape index (κ1) is 7.46. The molecule has 0 atom stereocenters. The van der Waals surface area contributed by atoms with Crippen molar-refractivity contribution in [2.45, 2.75) is 25.2 Å². The number of alkyl halides is 2. The molecular weight excluding hydrogens is 136 g/mol. The van der Waals surface area contributed by atoms with E-state index in [2.05, 4.69) is 4.85 Å². The van der Waals surface area contributed by atoms with E-state index in [4.69, 9.17) is 6.57 Å². The quantitative estimate of drug-likeness (QED) is 0.525. The van der Waals surface area contributed by atoms with E-state index < -0.39 is 18.4 Å². The summed E-state index contributed by atoms with van der Waals surface area (Å²) in [7, 11) is 0. The third-order valence-corrected chi connectivity index (χ3v) is 1.99. The fourth-order valence-corrected chi connectivity index (χ4v) is 1.07. The van der Waals surface area contributed by atoms with Crippen molar-refractivity contribution in [3.8, 4) is 0 Å². The van der Waals surface area contributed by atoms with Crippen molar-refractivity contribution >= 4 is 0 Å². The van der Waals surface area contributed by atoms with Gasteiger partial charge < -0.3 is 4.85 Å². The maximum Gasteiger partial charge on any atom is 0.321 e. The molecule has 1 nitrogen and oxygen atoms in total. The maximum absolute atomic E-state index is 12.7. The molecule has 0 saturated heterocycles. The summed E-state index contributed by atoms with van der Waals surface area (Å²) in [5.74, 6) is -3.21. The average Bonchev–Trinajstić information content (AvgIpc) is 1.56. The van der Waals surface area contributed by atoms with Gasteiger partial charge in [-0.1, -0.05) is 6.42 Å². The summed E-state index contributed by atoms with van der Waals surface area (Å²) in [6.07, 6.45) is 2.10. The zero-order valence-electron chi connectivity index (χ0n) is 5.61. The van der Waals surface area contributed by atoms with Crippen LogP contribution < -0.4 is 0 Å². The van der Waals surface area contributed by atoms with Gasteiger partial charge in [0, 0.05) is 5.92 Å². The first-order valence-corrected chi connectivity index (χ1v) is 3.38. The minimum atomic E-state index is -2.71. The molecule has 0 aromatic rings. The Balaban J connectivity index is 2.42. The molecule has 1 aliphatic rings. The zero-order valence-corrected chi connectivity index (χ0v) is 5.61. The van der Waals surface area contributed by atoms with Crippen molar-refractivity contribution in [1.29, 1.82) is 0 Å². The molecule has 0 heterocycles. The summed E-state index contributed by atoms with van der Waals surface area (Å²) < 4.78 is 25.3. The number of rotatable bonds is 2. The van der Waals surface area contributed by atoms with Gasteiger partial charge in [0.15, 0.2) is 0 Å². The first-order valence-electron chi connectivity index (χ1n) is 3.38. The molecule has 0 aliphatic heterocycles. The lowest BCUT2D eigenvalue weighted by Gasteiger charge is -2.29. The minimum Gasteiger partial charge on any atom is -0.310 e. The topological polar surface area (TPSA) is 4.36 Å². The molecule has 0 aromatic heterocycles. The van der Waals surface area contributed by atoms with Gasteiger partial charge in [-0.25, -0.2) is 6.57 Å². The van der Waals surface area contributed by atoms with Crippen LogP contribution in [0.5, 0.6) is 0 Å². The van der Waals surface area contributed by atoms with Gasteiger partial charge in [-0.3, -0.25) is 0 Å². The van der Waals surface area contributed by atoms with Gasteiger partial charge in [-0.15, -0.1) is 0 Å². The molecule has 1 rings (SSSR count). The van der Waals surface area contributed by atoms with Gasteiger partial charge in [-0.05, 0) is 12.8 Å². The van der Waals surface area contributed by atoms with Gasteiger partial charge >= 0.3 is 5.92 Å². The lowest BCUT2D eigenvalue weighted by molar-refractivity contribution is -0.0722. The summed E-state index contributed by atoms with van der Waals surface area (Å²) in [5, 5.41) is 0. The average molecular weight is 145 g/mol. The molecule has 3 heteroatoms. The van der Waals surface area contributed by atoms with Gasteiger partial charge in [0.1, 0.15) is 0 Å². The van der Waals surface area contributed by atoms with Gasteiger partial charge in [-0.2, -0.15) is 8.78 Å². The second kappa shape index (κ2) is 2.53. The van der Waals surface area contributed by atoms with E-state index in [0.29, 0.717) is 12.8 Å². The molecule has 1 aliphatic carbocycles.